The molecule has 0 radical (unpaired) electrons. The summed E-state index contributed by atoms with van der Waals surface area (Å²) >= 11 is 0. The van der Waals surface area contributed by atoms with Gasteiger partial charge < -0.3 is 15.0 Å². The monoisotopic (exact) mass is 465 g/mol. The molecule has 9 heteroatoms. The Bertz CT molecular complexity index is 1350. The molecule has 34 heavy (non-hydrogen) atoms. The summed E-state index contributed by atoms with van der Waals surface area (Å²) in [6, 6.07) is 7.66. The topological polar surface area (TPSA) is 75.7 Å². The Morgan fingerprint density at radius 1 is 1.09 bits per heavy atom. The summed E-state index contributed by atoms with van der Waals surface area (Å²) < 4.78 is 46.8. The zero-order chi connectivity index (χ0) is 23.8. The molecule has 2 N–H and O–H groups in total. The fourth-order valence-electron chi connectivity index (χ4n) is 4.35. The average Bonchev–Trinajstić information content (AvgIpc) is 3.27. The number of aryl methyl sites for hydroxylation is 2. The van der Waals surface area contributed by atoms with Crippen molar-refractivity contribution in [2.45, 2.75) is 32.1 Å². The number of fused-ring (bicyclic) bond motifs is 1. The molecule has 1 aliphatic carbocycles. The average molecular weight is 465 g/mol. The van der Waals surface area contributed by atoms with Crippen LogP contribution in [0, 0.1) is 24.4 Å². The summed E-state index contributed by atoms with van der Waals surface area (Å²) in [7, 11) is 1.58. The Balaban J connectivity index is 1.46. The van der Waals surface area contributed by atoms with E-state index >= 15 is 0 Å². The molecule has 1 unspecified atom stereocenters. The summed E-state index contributed by atoms with van der Waals surface area (Å²) in [4.78, 5) is 16.6. The molecule has 6 nitrogen and oxygen atoms in total. The molecule has 1 aliphatic rings. The first-order chi connectivity index (χ1) is 16.4. The Kier molecular flexibility index (Phi) is 5.69. The van der Waals surface area contributed by atoms with E-state index in [0.29, 0.717) is 40.9 Å². The number of hydrogen-bond donors (Lipinski definition) is 2. The van der Waals surface area contributed by atoms with Crippen molar-refractivity contribution in [2.24, 2.45) is 0 Å². The Labute approximate surface area is 194 Å². The van der Waals surface area contributed by atoms with E-state index in [2.05, 4.69) is 25.3 Å². The molecule has 5 rings (SSSR count). The van der Waals surface area contributed by atoms with Gasteiger partial charge in [-0.2, -0.15) is 0 Å². The quantitative estimate of drug-likeness (QED) is 0.364. The second-order valence-electron chi connectivity index (χ2n) is 8.28. The molecule has 0 saturated carbocycles. The Morgan fingerprint density at radius 3 is 2.59 bits per heavy atom. The minimum absolute atomic E-state index is 0.345. The van der Waals surface area contributed by atoms with Crippen molar-refractivity contribution in [1.82, 2.24) is 19.9 Å². The van der Waals surface area contributed by atoms with Gasteiger partial charge >= 0.3 is 0 Å². The zero-order valence-electron chi connectivity index (χ0n) is 18.6. The minimum atomic E-state index is -1.47. The van der Waals surface area contributed by atoms with Gasteiger partial charge in [-0.05, 0) is 61.6 Å². The van der Waals surface area contributed by atoms with Crippen molar-refractivity contribution in [1.29, 1.82) is 0 Å². The van der Waals surface area contributed by atoms with Crippen LogP contribution in [0.4, 0.5) is 24.8 Å². The number of benzene rings is 2. The summed E-state index contributed by atoms with van der Waals surface area (Å²) in [5.41, 5.74) is 4.35. The van der Waals surface area contributed by atoms with Crippen molar-refractivity contribution in [3.63, 3.8) is 0 Å². The number of halogens is 3. The van der Waals surface area contributed by atoms with E-state index in [1.807, 2.05) is 31.3 Å². The third kappa shape index (κ3) is 4.09. The standard InChI is InChI=1S/C25H22F3N5O/c1-13-11-29-24(31-13)18-7-6-16(10-21(18)34-2)32-25-30-12-14-4-3-5-17(23(14)33-25)15-8-19(26)22(28)20(27)9-15/h6-12,17H,3-5H2,1-2H3,(H,29,31)(H,30,32,33). The third-order valence-corrected chi connectivity index (χ3v) is 5.99. The molecule has 0 saturated heterocycles. The second kappa shape index (κ2) is 8.81. The number of ether oxygens (including phenoxy) is 1. The highest BCUT2D eigenvalue weighted by Crippen LogP contribution is 2.37. The number of rotatable bonds is 5. The molecule has 2 aromatic heterocycles. The molecular formula is C25H22F3N5O. The van der Waals surface area contributed by atoms with Crippen molar-refractivity contribution in [3.8, 4) is 17.1 Å². The van der Waals surface area contributed by atoms with Gasteiger partial charge in [-0.25, -0.2) is 28.1 Å². The van der Waals surface area contributed by atoms with Gasteiger partial charge in [-0.3, -0.25) is 0 Å². The lowest BCUT2D eigenvalue weighted by Gasteiger charge is -2.25. The van der Waals surface area contributed by atoms with Crippen LogP contribution in [0.1, 0.15) is 41.3 Å². The molecule has 0 fully saturated rings. The number of aromatic nitrogens is 4. The number of aromatic amines is 1. The Hall–Kier alpha value is -3.88. The lowest BCUT2D eigenvalue weighted by Crippen LogP contribution is -2.16. The molecule has 174 valence electrons. The molecule has 0 spiro atoms. The summed E-state index contributed by atoms with van der Waals surface area (Å²) in [5.74, 6) is -2.55. The van der Waals surface area contributed by atoms with E-state index < -0.39 is 17.5 Å². The molecule has 0 aliphatic heterocycles. The second-order valence-corrected chi connectivity index (χ2v) is 8.28. The maximum absolute atomic E-state index is 13.9. The number of hydrogen-bond acceptors (Lipinski definition) is 5. The SMILES string of the molecule is COc1cc(Nc2ncc3c(n2)C(c2cc(F)c(F)c(F)c2)CCC3)ccc1-c1nc(C)c[nH]1. The fraction of sp³-hybridized carbons (Fsp3) is 0.240. The lowest BCUT2D eigenvalue weighted by molar-refractivity contribution is 0.416. The van der Waals surface area contributed by atoms with E-state index in [1.54, 1.807) is 13.3 Å². The highest BCUT2D eigenvalue weighted by Gasteiger charge is 2.26. The first kappa shape index (κ1) is 21.9. The van der Waals surface area contributed by atoms with Crippen LogP contribution in [0.5, 0.6) is 5.75 Å². The van der Waals surface area contributed by atoms with Crippen molar-refractivity contribution >= 4 is 11.6 Å². The minimum Gasteiger partial charge on any atom is -0.496 e. The normalized spacial score (nSPS) is 15.1. The molecule has 2 heterocycles. The third-order valence-electron chi connectivity index (χ3n) is 5.99. The van der Waals surface area contributed by atoms with Gasteiger partial charge in [0, 0.05) is 30.1 Å². The van der Waals surface area contributed by atoms with E-state index in [0.717, 1.165) is 41.8 Å². The van der Waals surface area contributed by atoms with Crippen LogP contribution in [0.25, 0.3) is 11.4 Å². The van der Waals surface area contributed by atoms with Gasteiger partial charge in [0.25, 0.3) is 0 Å². The van der Waals surface area contributed by atoms with Gasteiger partial charge in [-0.1, -0.05) is 0 Å². The highest BCUT2D eigenvalue weighted by molar-refractivity contribution is 5.70. The molecule has 4 aromatic rings. The molecule has 0 bridgehead atoms. The van der Waals surface area contributed by atoms with Crippen LogP contribution in [-0.2, 0) is 6.42 Å². The maximum atomic E-state index is 13.9. The van der Waals surface area contributed by atoms with Gasteiger partial charge in [-0.15, -0.1) is 0 Å². The zero-order valence-corrected chi connectivity index (χ0v) is 18.6. The van der Waals surface area contributed by atoms with E-state index in [1.165, 1.54) is 0 Å². The van der Waals surface area contributed by atoms with Gasteiger partial charge in [0.05, 0.1) is 24.1 Å². The number of methoxy groups -OCH3 is 1. The van der Waals surface area contributed by atoms with Crippen LogP contribution in [-0.4, -0.2) is 27.0 Å². The van der Waals surface area contributed by atoms with Crippen molar-refractivity contribution < 1.29 is 17.9 Å². The lowest BCUT2D eigenvalue weighted by atomic mass is 9.82. The molecule has 1 atom stereocenters. The van der Waals surface area contributed by atoms with E-state index in [-0.39, 0.29) is 5.92 Å². The predicted molar refractivity (Wildman–Crippen MR) is 122 cm³/mol. The van der Waals surface area contributed by atoms with Gasteiger partial charge in [0.2, 0.25) is 5.95 Å². The fourth-order valence-corrected chi connectivity index (χ4v) is 4.35. The molecule has 2 aromatic carbocycles. The first-order valence-corrected chi connectivity index (χ1v) is 10.9. The number of nitrogens with zero attached hydrogens (tertiary/aromatic N) is 3. The van der Waals surface area contributed by atoms with Gasteiger partial charge in [0.15, 0.2) is 17.5 Å². The smallest absolute Gasteiger partial charge is 0.227 e. The number of nitrogens with one attached hydrogen (secondary N) is 2. The Morgan fingerprint density at radius 2 is 1.88 bits per heavy atom. The summed E-state index contributed by atoms with van der Waals surface area (Å²) in [6.45, 7) is 1.90. The van der Waals surface area contributed by atoms with Crippen LogP contribution in [0.3, 0.4) is 0 Å². The van der Waals surface area contributed by atoms with Crippen LogP contribution < -0.4 is 10.1 Å². The maximum Gasteiger partial charge on any atom is 0.227 e. The first-order valence-electron chi connectivity index (χ1n) is 10.9. The van der Waals surface area contributed by atoms with Crippen LogP contribution >= 0.6 is 0 Å². The summed E-state index contributed by atoms with van der Waals surface area (Å²) in [5, 5.41) is 3.18. The van der Waals surface area contributed by atoms with Crippen LogP contribution in [0.2, 0.25) is 0 Å². The summed E-state index contributed by atoms with van der Waals surface area (Å²) in [6.07, 6.45) is 5.78. The van der Waals surface area contributed by atoms with Crippen molar-refractivity contribution in [3.05, 3.63) is 82.7 Å². The molecular weight excluding hydrogens is 443 g/mol. The highest BCUT2D eigenvalue weighted by atomic mass is 19.2. The number of anilines is 2. The van der Waals surface area contributed by atoms with E-state index in [9.17, 15) is 13.2 Å². The number of H-pyrrole nitrogens is 1. The number of imidazole rings is 1. The van der Waals surface area contributed by atoms with Crippen molar-refractivity contribution in [2.75, 3.05) is 12.4 Å². The molecule has 0 amide bonds. The van der Waals surface area contributed by atoms with Crippen LogP contribution in [0.15, 0.2) is 42.7 Å². The predicted octanol–water partition coefficient (Wildman–Crippen LogP) is 5.81. The van der Waals surface area contributed by atoms with E-state index in [4.69, 9.17) is 4.74 Å². The van der Waals surface area contributed by atoms with Gasteiger partial charge in [0.1, 0.15) is 11.6 Å². The largest absolute Gasteiger partial charge is 0.496 e.